The van der Waals surface area contributed by atoms with Gasteiger partial charge in [-0.15, -0.1) is 0 Å². The summed E-state index contributed by atoms with van der Waals surface area (Å²) in [5, 5.41) is 8.85. The maximum atomic E-state index is 8.85. The molecule has 16 heavy (non-hydrogen) atoms. The Bertz CT molecular complexity index is 325. The first kappa shape index (κ1) is 13.2. The first-order chi connectivity index (χ1) is 7.54. The molecule has 0 aliphatic rings. The van der Waals surface area contributed by atoms with Gasteiger partial charge >= 0.3 is 0 Å². The normalized spacial score (nSPS) is 10.8. The van der Waals surface area contributed by atoms with E-state index in [0.29, 0.717) is 29.3 Å². The fourth-order valence-electron chi connectivity index (χ4n) is 1.38. The topological polar surface area (TPSA) is 75.3 Å². The number of hydrogen-bond donors (Lipinski definition) is 2. The highest BCUT2D eigenvalue weighted by Gasteiger charge is 2.14. The van der Waals surface area contributed by atoms with Crippen LogP contribution in [0.25, 0.3) is 0 Å². The molecule has 0 fully saturated rings. The van der Waals surface area contributed by atoms with Crippen molar-refractivity contribution in [3.63, 3.8) is 0 Å². The molecule has 0 aromatic carbocycles. The summed E-state index contributed by atoms with van der Waals surface area (Å²) >= 11 is 3.29. The van der Waals surface area contributed by atoms with E-state index in [1.54, 1.807) is 6.07 Å². The summed E-state index contributed by atoms with van der Waals surface area (Å²) in [5.74, 6) is 1.03. The van der Waals surface area contributed by atoms with Gasteiger partial charge in [-0.2, -0.15) is 4.98 Å². The second-order valence-electron chi connectivity index (χ2n) is 3.78. The van der Waals surface area contributed by atoms with Crippen LogP contribution in [0.4, 0.5) is 11.8 Å². The molecule has 0 spiro atoms. The van der Waals surface area contributed by atoms with Crippen LogP contribution in [0.1, 0.15) is 20.3 Å². The zero-order chi connectivity index (χ0) is 12.1. The summed E-state index contributed by atoms with van der Waals surface area (Å²) in [5.41, 5.74) is 5.67. The average Bonchev–Trinajstić information content (AvgIpc) is 2.16. The summed E-state index contributed by atoms with van der Waals surface area (Å²) < 4.78 is 0.671. The summed E-state index contributed by atoms with van der Waals surface area (Å²) in [7, 11) is 0. The highest BCUT2D eigenvalue weighted by Crippen LogP contribution is 2.17. The molecule has 0 amide bonds. The molecule has 1 aromatic heterocycles. The van der Waals surface area contributed by atoms with E-state index < -0.39 is 0 Å². The van der Waals surface area contributed by atoms with E-state index in [1.165, 1.54) is 0 Å². The molecule has 0 saturated heterocycles. The summed E-state index contributed by atoms with van der Waals surface area (Å²) in [6, 6.07) is 1.92. The third-order valence-electron chi connectivity index (χ3n) is 2.14. The van der Waals surface area contributed by atoms with Gasteiger partial charge in [-0.1, -0.05) is 0 Å². The number of anilines is 2. The van der Waals surface area contributed by atoms with Crippen LogP contribution in [0.3, 0.4) is 0 Å². The molecule has 1 aromatic rings. The number of nitrogens with zero attached hydrogens (tertiary/aromatic N) is 3. The molecule has 0 aliphatic carbocycles. The molecule has 0 radical (unpaired) electrons. The Morgan fingerprint density at radius 2 is 2.19 bits per heavy atom. The van der Waals surface area contributed by atoms with E-state index in [0.717, 1.165) is 0 Å². The highest BCUT2D eigenvalue weighted by molar-refractivity contribution is 9.10. The molecule has 6 heteroatoms. The number of nitrogens with two attached hydrogens (primary N) is 1. The van der Waals surface area contributed by atoms with E-state index in [2.05, 4.69) is 39.7 Å². The Morgan fingerprint density at radius 1 is 1.50 bits per heavy atom. The zero-order valence-electron chi connectivity index (χ0n) is 9.52. The number of aromatic nitrogens is 2. The van der Waals surface area contributed by atoms with Crippen molar-refractivity contribution >= 4 is 27.7 Å². The van der Waals surface area contributed by atoms with Gasteiger partial charge in [0.2, 0.25) is 5.95 Å². The molecule has 0 saturated carbocycles. The van der Waals surface area contributed by atoms with Crippen molar-refractivity contribution in [3.8, 4) is 0 Å². The van der Waals surface area contributed by atoms with E-state index in [-0.39, 0.29) is 12.6 Å². The molecular weight excluding hydrogens is 272 g/mol. The van der Waals surface area contributed by atoms with Crippen LogP contribution in [-0.2, 0) is 0 Å². The van der Waals surface area contributed by atoms with Crippen molar-refractivity contribution in [1.29, 1.82) is 0 Å². The van der Waals surface area contributed by atoms with Crippen LogP contribution in [-0.4, -0.2) is 34.3 Å². The van der Waals surface area contributed by atoms with Crippen molar-refractivity contribution in [1.82, 2.24) is 9.97 Å². The lowest BCUT2D eigenvalue weighted by Gasteiger charge is -2.26. The Kier molecular flexibility index (Phi) is 4.95. The van der Waals surface area contributed by atoms with Crippen molar-refractivity contribution in [3.05, 3.63) is 10.7 Å². The SMILES string of the molecule is CC(C)N(CCCO)c1nc(N)cc(Br)n1. The average molecular weight is 289 g/mol. The number of rotatable bonds is 5. The Hall–Kier alpha value is -0.880. The predicted molar refractivity (Wildman–Crippen MR) is 68.3 cm³/mol. The predicted octanol–water partition coefficient (Wildman–Crippen LogP) is 1.42. The second-order valence-corrected chi connectivity index (χ2v) is 4.59. The summed E-state index contributed by atoms with van der Waals surface area (Å²) in [4.78, 5) is 10.5. The lowest BCUT2D eigenvalue weighted by atomic mass is 10.3. The third-order valence-corrected chi connectivity index (χ3v) is 2.55. The smallest absolute Gasteiger partial charge is 0.228 e. The number of aliphatic hydroxyl groups is 1. The summed E-state index contributed by atoms with van der Waals surface area (Å²) in [6.07, 6.45) is 0.688. The lowest BCUT2D eigenvalue weighted by Crippen LogP contribution is -2.33. The minimum Gasteiger partial charge on any atom is -0.396 e. The van der Waals surface area contributed by atoms with Gasteiger partial charge in [0.1, 0.15) is 10.4 Å². The molecule has 1 rings (SSSR count). The number of nitrogen functional groups attached to an aromatic ring is 1. The van der Waals surface area contributed by atoms with Crippen LogP contribution in [0.5, 0.6) is 0 Å². The molecule has 5 nitrogen and oxygen atoms in total. The molecule has 0 atom stereocenters. The Labute approximate surface area is 104 Å². The molecule has 0 bridgehead atoms. The van der Waals surface area contributed by atoms with Gasteiger partial charge in [0.15, 0.2) is 0 Å². The highest BCUT2D eigenvalue weighted by atomic mass is 79.9. The first-order valence-electron chi connectivity index (χ1n) is 5.22. The fourth-order valence-corrected chi connectivity index (χ4v) is 1.77. The van der Waals surface area contributed by atoms with Crippen molar-refractivity contribution < 1.29 is 5.11 Å². The largest absolute Gasteiger partial charge is 0.396 e. The van der Waals surface area contributed by atoms with Gasteiger partial charge in [0.05, 0.1) is 0 Å². The number of aliphatic hydroxyl groups excluding tert-OH is 1. The van der Waals surface area contributed by atoms with Crippen molar-refractivity contribution in [2.24, 2.45) is 0 Å². The number of hydrogen-bond acceptors (Lipinski definition) is 5. The van der Waals surface area contributed by atoms with Gasteiger partial charge in [0.25, 0.3) is 0 Å². The molecular formula is C10H17BrN4O. The van der Waals surface area contributed by atoms with Crippen LogP contribution in [0, 0.1) is 0 Å². The van der Waals surface area contributed by atoms with Crippen LogP contribution in [0.2, 0.25) is 0 Å². The van der Waals surface area contributed by atoms with Gasteiger partial charge in [-0.25, -0.2) is 4.98 Å². The maximum Gasteiger partial charge on any atom is 0.228 e. The van der Waals surface area contributed by atoms with Crippen LogP contribution in [0.15, 0.2) is 10.7 Å². The van der Waals surface area contributed by atoms with E-state index >= 15 is 0 Å². The second kappa shape index (κ2) is 6.00. The van der Waals surface area contributed by atoms with E-state index in [1.807, 2.05) is 4.90 Å². The van der Waals surface area contributed by atoms with Gasteiger partial charge in [-0.3, -0.25) is 0 Å². The Balaban J connectivity index is 2.91. The molecule has 0 unspecified atom stereocenters. The zero-order valence-corrected chi connectivity index (χ0v) is 11.1. The van der Waals surface area contributed by atoms with Crippen LogP contribution >= 0.6 is 15.9 Å². The van der Waals surface area contributed by atoms with E-state index in [9.17, 15) is 0 Å². The third kappa shape index (κ3) is 3.61. The van der Waals surface area contributed by atoms with E-state index in [4.69, 9.17) is 10.8 Å². The number of halogens is 1. The maximum absolute atomic E-state index is 8.85. The van der Waals surface area contributed by atoms with Crippen LogP contribution < -0.4 is 10.6 Å². The molecule has 1 heterocycles. The van der Waals surface area contributed by atoms with Gasteiger partial charge in [0, 0.05) is 25.3 Å². The Morgan fingerprint density at radius 3 is 2.69 bits per heavy atom. The van der Waals surface area contributed by atoms with Gasteiger partial charge < -0.3 is 15.7 Å². The first-order valence-corrected chi connectivity index (χ1v) is 6.01. The minimum atomic E-state index is 0.159. The molecule has 0 aliphatic heterocycles. The van der Waals surface area contributed by atoms with Crippen molar-refractivity contribution in [2.75, 3.05) is 23.8 Å². The summed E-state index contributed by atoms with van der Waals surface area (Å²) in [6.45, 7) is 4.98. The van der Waals surface area contributed by atoms with Crippen molar-refractivity contribution in [2.45, 2.75) is 26.3 Å². The monoisotopic (exact) mass is 288 g/mol. The standard InChI is InChI=1S/C10H17BrN4O/c1-7(2)15(4-3-5-16)10-13-8(11)6-9(12)14-10/h6-7,16H,3-5H2,1-2H3,(H2,12,13,14). The lowest BCUT2D eigenvalue weighted by molar-refractivity contribution is 0.288. The van der Waals surface area contributed by atoms with Gasteiger partial charge in [-0.05, 0) is 36.2 Å². The fraction of sp³-hybridized carbons (Fsp3) is 0.600. The quantitative estimate of drug-likeness (QED) is 0.802. The minimum absolute atomic E-state index is 0.159. The molecule has 90 valence electrons. The molecule has 3 N–H and O–H groups in total.